The van der Waals surface area contributed by atoms with Crippen LogP contribution in [0.5, 0.6) is 0 Å². The van der Waals surface area contributed by atoms with Crippen molar-refractivity contribution in [1.82, 2.24) is 14.9 Å². The molecule has 0 saturated carbocycles. The van der Waals surface area contributed by atoms with Crippen LogP contribution in [0.15, 0.2) is 91.3 Å². The summed E-state index contributed by atoms with van der Waals surface area (Å²) in [5.74, 6) is -0.102. The minimum Gasteiger partial charge on any atom is -0.351 e. The van der Waals surface area contributed by atoms with Gasteiger partial charge < -0.3 is 20.1 Å². The fourth-order valence-electron chi connectivity index (χ4n) is 4.42. The number of aryl methyl sites for hydroxylation is 1. The Balaban J connectivity index is 1.61. The second-order valence-electron chi connectivity index (χ2n) is 8.36. The lowest BCUT2D eigenvalue weighted by atomic mass is 10.0. The number of anilines is 2. The summed E-state index contributed by atoms with van der Waals surface area (Å²) in [4.78, 5) is 18.2. The molecule has 1 saturated heterocycles. The van der Waals surface area contributed by atoms with E-state index in [4.69, 9.17) is 12.2 Å². The lowest BCUT2D eigenvalue weighted by molar-refractivity contribution is -0.114. The molecule has 1 amide bonds. The maximum atomic E-state index is 11.4. The third-order valence-corrected chi connectivity index (χ3v) is 6.27. The molecule has 34 heavy (non-hydrogen) atoms. The fourth-order valence-corrected chi connectivity index (χ4v) is 4.76. The fraction of sp³-hybridized carbons (Fsp3) is 0.148. The van der Waals surface area contributed by atoms with E-state index in [1.807, 2.05) is 42.5 Å². The van der Waals surface area contributed by atoms with Crippen molar-refractivity contribution in [3.63, 3.8) is 0 Å². The number of hydrogen-bond donors (Lipinski definition) is 2. The number of thiocarbonyl (C=S) groups is 1. The standard InChI is InChI=1S/C27H25N5OS/c1-18-8-12-21(13-9-18)31-17-5-7-24(31)26-25(23-6-3-4-16-28-23)30-27(34)32(26)22-14-10-20(11-15-22)29-19(2)33/h3-17,25-26H,1-2H3,(H,29,33)(H,30,34). The molecule has 4 aromatic rings. The van der Waals surface area contributed by atoms with E-state index in [-0.39, 0.29) is 18.0 Å². The van der Waals surface area contributed by atoms with Crippen LogP contribution in [0.3, 0.4) is 0 Å². The highest BCUT2D eigenvalue weighted by atomic mass is 32.1. The maximum Gasteiger partial charge on any atom is 0.221 e. The van der Waals surface area contributed by atoms with Crippen LogP contribution in [0.2, 0.25) is 0 Å². The van der Waals surface area contributed by atoms with Crippen molar-refractivity contribution in [1.29, 1.82) is 0 Å². The zero-order chi connectivity index (χ0) is 23.7. The topological polar surface area (TPSA) is 62.2 Å². The summed E-state index contributed by atoms with van der Waals surface area (Å²) in [6.45, 7) is 3.59. The number of amides is 1. The van der Waals surface area contributed by atoms with Gasteiger partial charge in [-0.2, -0.15) is 0 Å². The molecule has 6 nitrogen and oxygen atoms in total. The van der Waals surface area contributed by atoms with Crippen LogP contribution < -0.4 is 15.5 Å². The van der Waals surface area contributed by atoms with Crippen LogP contribution in [0.1, 0.15) is 36.0 Å². The summed E-state index contributed by atoms with van der Waals surface area (Å²) in [6.07, 6.45) is 3.88. The van der Waals surface area contributed by atoms with E-state index in [9.17, 15) is 4.79 Å². The van der Waals surface area contributed by atoms with E-state index in [1.165, 1.54) is 12.5 Å². The van der Waals surface area contributed by atoms with E-state index < -0.39 is 0 Å². The predicted molar refractivity (Wildman–Crippen MR) is 139 cm³/mol. The Bertz CT molecular complexity index is 1320. The average molecular weight is 468 g/mol. The molecule has 2 aromatic carbocycles. The summed E-state index contributed by atoms with van der Waals surface area (Å²) in [6, 6.07) is 26.1. The molecule has 2 aromatic heterocycles. The first-order valence-corrected chi connectivity index (χ1v) is 11.5. The molecule has 2 N–H and O–H groups in total. The van der Waals surface area contributed by atoms with Gasteiger partial charge in [-0.3, -0.25) is 9.78 Å². The Morgan fingerprint density at radius 1 is 0.971 bits per heavy atom. The molecule has 5 rings (SSSR count). The molecule has 0 aliphatic carbocycles. The summed E-state index contributed by atoms with van der Waals surface area (Å²) < 4.78 is 2.20. The molecule has 3 heterocycles. The van der Waals surface area contributed by atoms with E-state index in [1.54, 1.807) is 6.20 Å². The van der Waals surface area contributed by atoms with E-state index in [0.717, 1.165) is 28.5 Å². The van der Waals surface area contributed by atoms with Gasteiger partial charge in [-0.25, -0.2) is 0 Å². The van der Waals surface area contributed by atoms with Gasteiger partial charge in [0.25, 0.3) is 0 Å². The van der Waals surface area contributed by atoms with E-state index in [0.29, 0.717) is 5.11 Å². The first-order valence-electron chi connectivity index (χ1n) is 11.1. The Kier molecular flexibility index (Phi) is 5.86. The molecule has 1 aliphatic rings. The number of benzene rings is 2. The van der Waals surface area contributed by atoms with Crippen LogP contribution >= 0.6 is 12.2 Å². The lowest BCUT2D eigenvalue weighted by Gasteiger charge is -2.29. The zero-order valence-electron chi connectivity index (χ0n) is 19.0. The Morgan fingerprint density at radius 2 is 1.71 bits per heavy atom. The molecule has 0 radical (unpaired) electrons. The average Bonchev–Trinajstić information content (AvgIpc) is 3.45. The van der Waals surface area contributed by atoms with Gasteiger partial charge in [0, 0.05) is 42.1 Å². The number of rotatable bonds is 5. The van der Waals surface area contributed by atoms with Crippen molar-refractivity contribution in [2.24, 2.45) is 0 Å². The highest BCUT2D eigenvalue weighted by molar-refractivity contribution is 7.80. The molecule has 170 valence electrons. The third kappa shape index (κ3) is 4.18. The van der Waals surface area contributed by atoms with Crippen LogP contribution in [0.25, 0.3) is 5.69 Å². The van der Waals surface area contributed by atoms with Crippen LogP contribution in [-0.4, -0.2) is 20.6 Å². The quantitative estimate of drug-likeness (QED) is 0.389. The van der Waals surface area contributed by atoms with Gasteiger partial charge in [0.2, 0.25) is 5.91 Å². The van der Waals surface area contributed by atoms with Gasteiger partial charge >= 0.3 is 0 Å². The highest BCUT2D eigenvalue weighted by Crippen LogP contribution is 2.42. The van der Waals surface area contributed by atoms with Crippen molar-refractivity contribution < 1.29 is 4.79 Å². The molecule has 7 heteroatoms. The molecule has 0 spiro atoms. The highest BCUT2D eigenvalue weighted by Gasteiger charge is 2.42. The first-order chi connectivity index (χ1) is 16.5. The van der Waals surface area contributed by atoms with Gasteiger partial charge in [-0.15, -0.1) is 0 Å². The summed E-state index contributed by atoms with van der Waals surface area (Å²) >= 11 is 5.84. The Labute approximate surface area is 204 Å². The molecule has 1 fully saturated rings. The zero-order valence-corrected chi connectivity index (χ0v) is 19.8. The number of carbonyl (C=O) groups is 1. The first kappa shape index (κ1) is 21.9. The van der Waals surface area contributed by atoms with Crippen LogP contribution in [-0.2, 0) is 4.79 Å². The predicted octanol–water partition coefficient (Wildman–Crippen LogP) is 5.32. The SMILES string of the molecule is CC(=O)Nc1ccc(N2C(=S)NC(c3ccccn3)C2c2cccn2-c2ccc(C)cc2)cc1. The van der Waals surface area contributed by atoms with Crippen LogP contribution in [0.4, 0.5) is 11.4 Å². The number of nitrogens with one attached hydrogen (secondary N) is 2. The largest absolute Gasteiger partial charge is 0.351 e. The second-order valence-corrected chi connectivity index (χ2v) is 8.75. The number of aromatic nitrogens is 2. The minimum atomic E-state index is -0.136. The van der Waals surface area contributed by atoms with Crippen LogP contribution in [0, 0.1) is 6.92 Å². The van der Waals surface area contributed by atoms with E-state index in [2.05, 4.69) is 74.6 Å². The van der Waals surface area contributed by atoms with Crippen molar-refractivity contribution in [3.05, 3.63) is 108 Å². The van der Waals surface area contributed by atoms with Crippen molar-refractivity contribution in [3.8, 4) is 5.69 Å². The second kappa shape index (κ2) is 9.11. The monoisotopic (exact) mass is 467 g/mol. The van der Waals surface area contributed by atoms with Crippen molar-refractivity contribution in [2.75, 3.05) is 10.2 Å². The molecular formula is C27H25N5OS. The summed E-state index contributed by atoms with van der Waals surface area (Å²) in [7, 11) is 0. The summed E-state index contributed by atoms with van der Waals surface area (Å²) in [5.41, 5.74) is 6.00. The lowest BCUT2D eigenvalue weighted by Crippen LogP contribution is -2.30. The van der Waals surface area contributed by atoms with Gasteiger partial charge in [-0.05, 0) is 79.8 Å². The number of carbonyl (C=O) groups excluding carboxylic acids is 1. The number of nitrogens with zero attached hydrogens (tertiary/aromatic N) is 3. The van der Waals surface area contributed by atoms with Gasteiger partial charge in [0.15, 0.2) is 5.11 Å². The molecule has 2 atom stereocenters. The smallest absolute Gasteiger partial charge is 0.221 e. The number of hydrogen-bond acceptors (Lipinski definition) is 3. The third-order valence-electron chi connectivity index (χ3n) is 5.96. The van der Waals surface area contributed by atoms with Gasteiger partial charge in [0.05, 0.1) is 11.7 Å². The summed E-state index contributed by atoms with van der Waals surface area (Å²) in [5, 5.41) is 6.96. The molecule has 0 bridgehead atoms. The molecular weight excluding hydrogens is 442 g/mol. The van der Waals surface area contributed by atoms with Gasteiger partial charge in [-0.1, -0.05) is 23.8 Å². The molecule has 1 aliphatic heterocycles. The number of pyridine rings is 1. The minimum absolute atomic E-state index is 0.102. The molecule has 2 unspecified atom stereocenters. The van der Waals surface area contributed by atoms with Gasteiger partial charge in [0.1, 0.15) is 6.04 Å². The normalized spacial score (nSPS) is 17.5. The van der Waals surface area contributed by atoms with Crippen molar-refractivity contribution >= 4 is 34.6 Å². The van der Waals surface area contributed by atoms with E-state index >= 15 is 0 Å². The Morgan fingerprint density at radius 3 is 2.38 bits per heavy atom. The van der Waals surface area contributed by atoms with Crippen molar-refractivity contribution in [2.45, 2.75) is 25.9 Å². The maximum absolute atomic E-state index is 11.4. The Hall–Kier alpha value is -3.97.